The number of rotatable bonds is 3. The molecule has 0 saturated carbocycles. The Kier molecular flexibility index (Phi) is 3.64. The monoisotopic (exact) mass is 272 g/mol. The molecule has 0 bridgehead atoms. The quantitative estimate of drug-likeness (QED) is 0.930. The summed E-state index contributed by atoms with van der Waals surface area (Å²) in [6, 6.07) is 0. The predicted octanol–water partition coefficient (Wildman–Crippen LogP) is 3.52. The fraction of sp³-hybridized carbons (Fsp3) is 0.625. The summed E-state index contributed by atoms with van der Waals surface area (Å²) in [6.45, 7) is 8.62. The minimum Gasteiger partial charge on any atom is -0.355 e. The topological polar surface area (TPSA) is 44.8 Å². The molecule has 0 atom stereocenters. The summed E-state index contributed by atoms with van der Waals surface area (Å²) < 4.78 is 0. The molecule has 0 aliphatic carbocycles. The summed E-state index contributed by atoms with van der Waals surface area (Å²) in [4.78, 5) is 15.4. The molecule has 0 amide bonds. The molecule has 2 aromatic rings. The van der Waals surface area contributed by atoms with E-state index < -0.39 is 0 Å². The SMILES string of the molecule is CCCc1c(C)[nH]c2c(N3CCCCC3)nc(C)nc12. The van der Waals surface area contributed by atoms with Crippen LogP contribution in [0.5, 0.6) is 0 Å². The van der Waals surface area contributed by atoms with Crippen LogP contribution in [0.15, 0.2) is 0 Å². The van der Waals surface area contributed by atoms with Crippen molar-refractivity contribution < 1.29 is 0 Å². The highest BCUT2D eigenvalue weighted by Crippen LogP contribution is 2.30. The highest BCUT2D eigenvalue weighted by molar-refractivity contribution is 5.90. The van der Waals surface area contributed by atoms with Crippen molar-refractivity contribution in [1.29, 1.82) is 0 Å². The standard InChI is InChI=1S/C16H24N4/c1-4-8-13-11(2)17-15-14(13)18-12(3)19-16(15)20-9-6-5-7-10-20/h17H,4-10H2,1-3H3. The maximum atomic E-state index is 4.72. The molecule has 1 saturated heterocycles. The average Bonchev–Trinajstić information content (AvgIpc) is 2.76. The van der Waals surface area contributed by atoms with Crippen LogP contribution in [-0.2, 0) is 6.42 Å². The molecule has 1 aliphatic rings. The first-order valence-corrected chi connectivity index (χ1v) is 7.81. The second-order valence-corrected chi connectivity index (χ2v) is 5.84. The van der Waals surface area contributed by atoms with Gasteiger partial charge in [0.05, 0.1) is 5.52 Å². The minimum atomic E-state index is 0.884. The Morgan fingerprint density at radius 3 is 2.55 bits per heavy atom. The number of fused-ring (bicyclic) bond motifs is 1. The number of aryl methyl sites for hydroxylation is 3. The van der Waals surface area contributed by atoms with Crippen LogP contribution in [0.25, 0.3) is 11.0 Å². The number of hydrogen-bond donors (Lipinski definition) is 1. The molecule has 1 aliphatic heterocycles. The van der Waals surface area contributed by atoms with Gasteiger partial charge in [0.1, 0.15) is 11.3 Å². The van der Waals surface area contributed by atoms with Crippen molar-refractivity contribution in [2.24, 2.45) is 0 Å². The first-order valence-electron chi connectivity index (χ1n) is 7.81. The van der Waals surface area contributed by atoms with E-state index >= 15 is 0 Å². The molecular formula is C16H24N4. The van der Waals surface area contributed by atoms with Crippen LogP contribution >= 0.6 is 0 Å². The number of nitrogens with one attached hydrogen (secondary N) is 1. The number of aromatic amines is 1. The summed E-state index contributed by atoms with van der Waals surface area (Å²) in [7, 11) is 0. The van der Waals surface area contributed by atoms with E-state index in [1.54, 1.807) is 0 Å². The van der Waals surface area contributed by atoms with Crippen molar-refractivity contribution >= 4 is 16.9 Å². The van der Waals surface area contributed by atoms with Crippen LogP contribution in [-0.4, -0.2) is 28.0 Å². The maximum absolute atomic E-state index is 4.72. The van der Waals surface area contributed by atoms with Gasteiger partial charge in [0, 0.05) is 18.8 Å². The van der Waals surface area contributed by atoms with Gasteiger partial charge in [-0.1, -0.05) is 13.3 Å². The van der Waals surface area contributed by atoms with Crippen LogP contribution < -0.4 is 4.90 Å². The number of hydrogen-bond acceptors (Lipinski definition) is 3. The Hall–Kier alpha value is -1.58. The summed E-state index contributed by atoms with van der Waals surface area (Å²) in [5.41, 5.74) is 4.89. The predicted molar refractivity (Wildman–Crippen MR) is 83.4 cm³/mol. The zero-order valence-electron chi connectivity index (χ0n) is 12.8. The van der Waals surface area contributed by atoms with Gasteiger partial charge in [0.2, 0.25) is 0 Å². The molecule has 3 heterocycles. The second-order valence-electron chi connectivity index (χ2n) is 5.84. The first kappa shape index (κ1) is 13.4. The zero-order chi connectivity index (χ0) is 14.1. The highest BCUT2D eigenvalue weighted by atomic mass is 15.2. The Balaban J connectivity index is 2.14. The van der Waals surface area contributed by atoms with E-state index in [4.69, 9.17) is 9.97 Å². The van der Waals surface area contributed by atoms with Gasteiger partial charge in [-0.05, 0) is 45.1 Å². The zero-order valence-corrected chi connectivity index (χ0v) is 12.8. The van der Waals surface area contributed by atoms with E-state index in [1.165, 1.54) is 30.5 Å². The third-order valence-electron chi connectivity index (χ3n) is 4.21. The number of nitrogens with zero attached hydrogens (tertiary/aromatic N) is 3. The molecule has 0 unspecified atom stereocenters. The van der Waals surface area contributed by atoms with Crippen LogP contribution in [0, 0.1) is 13.8 Å². The van der Waals surface area contributed by atoms with Gasteiger partial charge in [-0.25, -0.2) is 9.97 Å². The maximum Gasteiger partial charge on any atom is 0.156 e. The van der Waals surface area contributed by atoms with Crippen molar-refractivity contribution in [3.05, 3.63) is 17.1 Å². The van der Waals surface area contributed by atoms with Gasteiger partial charge in [-0.2, -0.15) is 0 Å². The lowest BCUT2D eigenvalue weighted by Crippen LogP contribution is -2.30. The number of piperidine rings is 1. The molecule has 0 aromatic carbocycles. The van der Waals surface area contributed by atoms with Crippen molar-refractivity contribution in [3.8, 4) is 0 Å². The number of anilines is 1. The Morgan fingerprint density at radius 2 is 1.85 bits per heavy atom. The van der Waals surface area contributed by atoms with Crippen LogP contribution in [0.4, 0.5) is 5.82 Å². The van der Waals surface area contributed by atoms with Crippen molar-refractivity contribution in [1.82, 2.24) is 15.0 Å². The van der Waals surface area contributed by atoms with Gasteiger partial charge >= 0.3 is 0 Å². The molecule has 4 nitrogen and oxygen atoms in total. The van der Waals surface area contributed by atoms with Crippen LogP contribution in [0.2, 0.25) is 0 Å². The second kappa shape index (κ2) is 5.43. The third-order valence-corrected chi connectivity index (χ3v) is 4.21. The van der Waals surface area contributed by atoms with E-state index in [-0.39, 0.29) is 0 Å². The molecule has 0 spiro atoms. The Morgan fingerprint density at radius 1 is 1.10 bits per heavy atom. The van der Waals surface area contributed by atoms with Gasteiger partial charge < -0.3 is 9.88 Å². The van der Waals surface area contributed by atoms with Crippen LogP contribution in [0.3, 0.4) is 0 Å². The van der Waals surface area contributed by atoms with E-state index in [2.05, 4.69) is 23.7 Å². The molecule has 1 N–H and O–H groups in total. The third kappa shape index (κ3) is 2.28. The van der Waals surface area contributed by atoms with E-state index in [1.807, 2.05) is 6.92 Å². The highest BCUT2D eigenvalue weighted by Gasteiger charge is 2.20. The van der Waals surface area contributed by atoms with Gasteiger partial charge in [0.25, 0.3) is 0 Å². The molecular weight excluding hydrogens is 248 g/mol. The van der Waals surface area contributed by atoms with E-state index in [0.29, 0.717) is 0 Å². The smallest absolute Gasteiger partial charge is 0.156 e. The molecule has 2 aromatic heterocycles. The lowest BCUT2D eigenvalue weighted by Gasteiger charge is -2.28. The largest absolute Gasteiger partial charge is 0.355 e. The Bertz CT molecular complexity index is 608. The van der Waals surface area contributed by atoms with Crippen molar-refractivity contribution in [2.45, 2.75) is 52.9 Å². The fourth-order valence-corrected chi connectivity index (χ4v) is 3.22. The number of H-pyrrole nitrogens is 1. The molecule has 3 rings (SSSR count). The summed E-state index contributed by atoms with van der Waals surface area (Å²) in [5.74, 6) is 1.99. The molecule has 1 fully saturated rings. The van der Waals surface area contributed by atoms with Crippen molar-refractivity contribution in [2.75, 3.05) is 18.0 Å². The average molecular weight is 272 g/mol. The molecule has 108 valence electrons. The summed E-state index contributed by atoms with van der Waals surface area (Å²) in [6.07, 6.45) is 6.12. The fourth-order valence-electron chi connectivity index (χ4n) is 3.22. The molecule has 4 heteroatoms. The first-order chi connectivity index (χ1) is 9.70. The lowest BCUT2D eigenvalue weighted by atomic mass is 10.1. The lowest BCUT2D eigenvalue weighted by molar-refractivity contribution is 0.574. The summed E-state index contributed by atoms with van der Waals surface area (Å²) >= 11 is 0. The van der Waals surface area contributed by atoms with Crippen molar-refractivity contribution in [3.63, 3.8) is 0 Å². The van der Waals surface area contributed by atoms with Gasteiger partial charge in [-0.3, -0.25) is 0 Å². The van der Waals surface area contributed by atoms with E-state index in [9.17, 15) is 0 Å². The van der Waals surface area contributed by atoms with Crippen LogP contribution in [0.1, 0.15) is 49.7 Å². The minimum absolute atomic E-state index is 0.884. The van der Waals surface area contributed by atoms with E-state index in [0.717, 1.165) is 48.6 Å². The van der Waals surface area contributed by atoms with Gasteiger partial charge in [-0.15, -0.1) is 0 Å². The number of aromatic nitrogens is 3. The normalized spacial score (nSPS) is 16.1. The molecule has 0 radical (unpaired) electrons. The molecule has 20 heavy (non-hydrogen) atoms. The van der Waals surface area contributed by atoms with Gasteiger partial charge in [0.15, 0.2) is 5.82 Å². The summed E-state index contributed by atoms with van der Waals surface area (Å²) in [5, 5.41) is 0. The Labute approximate surface area is 120 Å².